The van der Waals surface area contributed by atoms with Gasteiger partial charge in [-0.15, -0.1) is 0 Å². The van der Waals surface area contributed by atoms with Crippen molar-refractivity contribution in [1.29, 1.82) is 0 Å². The van der Waals surface area contributed by atoms with E-state index in [-0.39, 0.29) is 14.8 Å². The molecule has 0 spiro atoms. The van der Waals surface area contributed by atoms with Crippen molar-refractivity contribution in [3.05, 3.63) is 103 Å². The van der Waals surface area contributed by atoms with Crippen LogP contribution in [0, 0.1) is 46.3 Å². The van der Waals surface area contributed by atoms with Gasteiger partial charge in [0.15, 0.2) is 0 Å². The van der Waals surface area contributed by atoms with E-state index in [0.717, 1.165) is 30.6 Å². The average molecular weight is 768 g/mol. The van der Waals surface area contributed by atoms with Gasteiger partial charge in [-0.05, 0) is 0 Å². The maximum atomic E-state index is 11.4. The first-order valence-electron chi connectivity index (χ1n) is 19.5. The first-order valence-corrected chi connectivity index (χ1v) is 25.5. The molecule has 0 aliphatic heterocycles. The Morgan fingerprint density at radius 2 is 1.31 bits per heavy atom. The molecule has 10 atom stereocenters. The van der Waals surface area contributed by atoms with Crippen LogP contribution in [-0.4, -0.2) is 40.9 Å². The molecule has 0 saturated heterocycles. The number of benzene rings is 3. The molecule has 0 heterocycles. The van der Waals surface area contributed by atoms with Crippen molar-refractivity contribution in [2.24, 2.45) is 46.3 Å². The second-order valence-electron chi connectivity index (χ2n) is 17.4. The maximum absolute atomic E-state index is 11.4. The molecular weight excluding hydrogens is 707 g/mol. The minimum atomic E-state index is -4.13. The Balaban J connectivity index is 1.47. The third-order valence-electron chi connectivity index (χ3n) is 14.7. The van der Waals surface area contributed by atoms with Crippen LogP contribution in [0.3, 0.4) is 0 Å². The predicted molar refractivity (Wildman–Crippen MR) is 205 cm³/mol. The number of aliphatic hydroxyl groups excluding tert-OH is 1. The van der Waals surface area contributed by atoms with E-state index in [1.807, 2.05) is 0 Å². The summed E-state index contributed by atoms with van der Waals surface area (Å²) in [4.78, 5) is 6.01. The van der Waals surface area contributed by atoms with Crippen LogP contribution in [-0.2, 0) is 4.89 Å². The molecule has 49 heavy (non-hydrogen) atoms. The quantitative estimate of drug-likeness (QED) is 0.0938. The van der Waals surface area contributed by atoms with Crippen molar-refractivity contribution >= 4 is 29.1 Å². The summed E-state index contributed by atoms with van der Waals surface area (Å²) in [6.45, 7) is 12.4. The molecule has 3 aromatic carbocycles. The molecule has 4 aliphatic carbocycles. The minimum absolute atomic E-state index is 0.0994. The Morgan fingerprint density at radius 3 is 1.84 bits per heavy atom. The van der Waals surface area contributed by atoms with E-state index in [2.05, 4.69) is 132 Å². The van der Waals surface area contributed by atoms with Crippen molar-refractivity contribution in [3.8, 4) is 0 Å². The summed E-state index contributed by atoms with van der Waals surface area (Å²) in [5, 5.41) is 22.6. The summed E-state index contributed by atoms with van der Waals surface area (Å²) in [5.74, 6) is 3.69. The topological polar surface area (TPSA) is 49.7 Å². The molecule has 2 N–H and O–H groups in total. The van der Waals surface area contributed by atoms with Gasteiger partial charge >= 0.3 is 302 Å². The van der Waals surface area contributed by atoms with Crippen molar-refractivity contribution in [2.75, 3.05) is 0 Å². The van der Waals surface area contributed by atoms with Crippen LogP contribution in [0.1, 0.15) is 92.4 Å². The van der Waals surface area contributed by atoms with Crippen molar-refractivity contribution < 1.29 is 15.3 Å². The third-order valence-corrected chi connectivity index (χ3v) is 30.2. The Kier molecular flexibility index (Phi) is 10.3. The number of hydrogen-bond donors (Lipinski definition) is 2. The van der Waals surface area contributed by atoms with Crippen molar-refractivity contribution in [3.63, 3.8) is 0 Å². The molecule has 0 bridgehead atoms. The molecule has 0 unspecified atom stereocenters. The van der Waals surface area contributed by atoms with E-state index in [0.29, 0.717) is 17.8 Å². The van der Waals surface area contributed by atoms with E-state index >= 15 is 0 Å². The van der Waals surface area contributed by atoms with Crippen LogP contribution in [0.25, 0.3) is 0 Å². The Morgan fingerprint density at radius 1 is 0.735 bits per heavy atom. The molecule has 0 radical (unpaired) electrons. The molecule has 4 heteroatoms. The average Bonchev–Trinajstić information content (AvgIpc) is 3.47. The van der Waals surface area contributed by atoms with Crippen molar-refractivity contribution in [1.82, 2.24) is 0 Å². The number of rotatable bonds is 10. The van der Waals surface area contributed by atoms with E-state index in [1.54, 1.807) is 0 Å². The molecular formula is C45H60O3Sn. The normalized spacial score (nSPS) is 34.9. The standard InChI is InChI=1S/C27H45O3.3C6H5.Sn/c1-17(2)7-6-8-18(3)21-9-10-22-20-16-25(30-29)24-15-19(28)11-13-27(24,5)23(20)12-14-26(21,22)4;3*1-2-4-6-5-3-1;/h15-23,25,28-29H,6-14H2,1-5H3;3*1-5H;/t18-,19+,20+,21-,22+,23+,25-,26-,27-;;;;/m1..../s1. The number of hydrogen-bond acceptors (Lipinski definition) is 3. The summed E-state index contributed by atoms with van der Waals surface area (Å²) >= 11 is -4.13. The molecule has 3 aromatic rings. The van der Waals surface area contributed by atoms with E-state index < -0.39 is 30.6 Å². The van der Waals surface area contributed by atoms with E-state index in [4.69, 9.17) is 4.89 Å². The molecule has 3 saturated carbocycles. The summed E-state index contributed by atoms with van der Waals surface area (Å²) in [5.41, 5.74) is 1.34. The van der Waals surface area contributed by atoms with Gasteiger partial charge in [0.2, 0.25) is 0 Å². The van der Waals surface area contributed by atoms with Crippen LogP contribution in [0.2, 0.25) is 3.93 Å². The Hall–Kier alpha value is -1.92. The molecule has 4 aliphatic rings. The fraction of sp³-hybridized carbons (Fsp3) is 0.556. The van der Waals surface area contributed by atoms with Gasteiger partial charge in [0.1, 0.15) is 0 Å². The van der Waals surface area contributed by atoms with Crippen LogP contribution < -0.4 is 10.7 Å². The van der Waals surface area contributed by atoms with Crippen LogP contribution in [0.5, 0.6) is 0 Å². The third kappa shape index (κ3) is 5.91. The van der Waals surface area contributed by atoms with Gasteiger partial charge in [0.05, 0.1) is 0 Å². The second kappa shape index (κ2) is 14.2. The molecule has 7 rings (SSSR count). The first-order chi connectivity index (χ1) is 23.7. The summed E-state index contributed by atoms with van der Waals surface area (Å²) in [7, 11) is 0. The molecule has 3 nitrogen and oxygen atoms in total. The molecule has 262 valence electrons. The number of fused-ring (bicyclic) bond motifs is 5. The summed E-state index contributed by atoms with van der Waals surface area (Å²) < 4.78 is 4.47. The van der Waals surface area contributed by atoms with Crippen LogP contribution in [0.15, 0.2) is 103 Å². The van der Waals surface area contributed by atoms with E-state index in [9.17, 15) is 10.4 Å². The van der Waals surface area contributed by atoms with Gasteiger partial charge in [-0.1, -0.05) is 0 Å². The fourth-order valence-electron chi connectivity index (χ4n) is 12.6. The SMILES string of the molecule is CC(C)CCC[C@@H](C)[C@H]1CC[C@H]2[C@@H]3[C@H]([Sn]([c]4ccccc4)([c]4ccccc4)[c]4ccccc4)[C@@H](OO)C4=C[C@@H](O)CC[C@]4(C)[C@H]3CC[C@]12C. The summed E-state index contributed by atoms with van der Waals surface area (Å²) in [6, 6.07) is 34.2. The molecule has 0 amide bonds. The van der Waals surface area contributed by atoms with Crippen LogP contribution >= 0.6 is 0 Å². The van der Waals surface area contributed by atoms with Gasteiger partial charge < -0.3 is 0 Å². The Bertz CT molecular complexity index is 1480. The molecule has 3 fully saturated rings. The Labute approximate surface area is 300 Å². The monoisotopic (exact) mass is 768 g/mol. The fourth-order valence-corrected chi connectivity index (χ4v) is 29.8. The first kappa shape index (κ1) is 35.5. The molecule has 0 aromatic heterocycles. The van der Waals surface area contributed by atoms with Gasteiger partial charge in [-0.2, -0.15) is 0 Å². The van der Waals surface area contributed by atoms with Crippen LogP contribution in [0.4, 0.5) is 0 Å². The van der Waals surface area contributed by atoms with Gasteiger partial charge in [-0.25, -0.2) is 0 Å². The van der Waals surface area contributed by atoms with Gasteiger partial charge in [-0.3, -0.25) is 0 Å². The zero-order chi connectivity index (χ0) is 34.4. The predicted octanol–water partition coefficient (Wildman–Crippen LogP) is 9.01. The zero-order valence-corrected chi connectivity index (χ0v) is 33.5. The van der Waals surface area contributed by atoms with Crippen molar-refractivity contribution in [2.45, 2.75) is 109 Å². The van der Waals surface area contributed by atoms with E-state index in [1.165, 1.54) is 61.3 Å². The second-order valence-corrected chi connectivity index (χ2v) is 28.9. The zero-order valence-electron chi connectivity index (χ0n) is 30.6. The van der Waals surface area contributed by atoms with Gasteiger partial charge in [0, 0.05) is 0 Å². The van der Waals surface area contributed by atoms with Gasteiger partial charge in [0.25, 0.3) is 0 Å². The number of aliphatic hydroxyl groups is 1. The summed E-state index contributed by atoms with van der Waals surface area (Å²) in [6.07, 6.45) is 12.0.